The fourth-order valence-electron chi connectivity index (χ4n) is 1.96. The number of Topliss-reactive ketones (excluding diaryl/α,β-unsaturated/α-hetero) is 1. The summed E-state index contributed by atoms with van der Waals surface area (Å²) in [5.74, 6) is 0.0185. The summed E-state index contributed by atoms with van der Waals surface area (Å²) in [5, 5.41) is 0. The van der Waals surface area contributed by atoms with Crippen LogP contribution in [0.5, 0.6) is 0 Å². The second-order valence-electron chi connectivity index (χ2n) is 4.08. The molecule has 3 rings (SSSR count). The highest BCUT2D eigenvalue weighted by atomic mass is 35.5. The average Bonchev–Trinajstić information content (AvgIpc) is 2.43. The maximum Gasteiger partial charge on any atom is 0.173 e. The molecule has 1 aliphatic carbocycles. The van der Waals surface area contributed by atoms with E-state index in [1.165, 1.54) is 0 Å². The molecule has 0 unspecified atom stereocenters. The van der Waals surface area contributed by atoms with Crippen molar-refractivity contribution in [3.05, 3.63) is 46.9 Å². The van der Waals surface area contributed by atoms with Gasteiger partial charge >= 0.3 is 0 Å². The number of ketones is 1. The molecule has 1 heterocycles. The molecule has 0 saturated heterocycles. The van der Waals surface area contributed by atoms with Crippen LogP contribution in [0.15, 0.2) is 56.8 Å². The van der Waals surface area contributed by atoms with Crippen LogP contribution in [0, 0.1) is 0 Å². The van der Waals surface area contributed by atoms with Gasteiger partial charge in [0.05, 0.1) is 17.3 Å². The van der Waals surface area contributed by atoms with Crippen LogP contribution in [-0.4, -0.2) is 17.4 Å². The van der Waals surface area contributed by atoms with E-state index in [4.69, 9.17) is 11.6 Å². The van der Waals surface area contributed by atoms with Crippen LogP contribution in [0.4, 0.5) is 5.69 Å². The Morgan fingerprint density at radius 1 is 1.33 bits per heavy atom. The highest BCUT2D eigenvalue weighted by Gasteiger charge is 2.23. The zero-order chi connectivity index (χ0) is 12.5. The Balaban J connectivity index is 1.98. The fraction of sp³-hybridized carbons (Fsp3) is 0.143. The van der Waals surface area contributed by atoms with Gasteiger partial charge < -0.3 is 0 Å². The van der Waals surface area contributed by atoms with Gasteiger partial charge in [-0.2, -0.15) is 0 Å². The number of carbonyl (C=O) groups is 1. The van der Waals surface area contributed by atoms with Gasteiger partial charge in [0, 0.05) is 21.8 Å². The number of aliphatic imine (C=N–C) groups is 1. The number of alkyl halides is 1. The largest absolute Gasteiger partial charge is 0.293 e. The first kappa shape index (κ1) is 11.8. The first-order valence-corrected chi connectivity index (χ1v) is 6.98. The molecule has 0 N–H and O–H groups in total. The molecule has 1 aromatic carbocycles. The summed E-state index contributed by atoms with van der Waals surface area (Å²) in [4.78, 5) is 18.5. The van der Waals surface area contributed by atoms with E-state index in [2.05, 4.69) is 11.1 Å². The number of benzene rings is 1. The summed E-state index contributed by atoms with van der Waals surface area (Å²) in [5.41, 5.74) is 2.69. The van der Waals surface area contributed by atoms with Gasteiger partial charge in [-0.3, -0.25) is 9.79 Å². The lowest BCUT2D eigenvalue weighted by atomic mass is 10.00. The Kier molecular flexibility index (Phi) is 3.10. The van der Waals surface area contributed by atoms with Crippen molar-refractivity contribution in [3.63, 3.8) is 0 Å². The van der Waals surface area contributed by atoms with Crippen molar-refractivity contribution in [2.75, 3.05) is 5.88 Å². The van der Waals surface area contributed by atoms with E-state index < -0.39 is 0 Å². The molecule has 1 aliphatic heterocycles. The molecule has 0 radical (unpaired) electrons. The lowest BCUT2D eigenvalue weighted by Gasteiger charge is -2.21. The number of allylic oxidation sites excluding steroid dienone is 4. The molecule has 90 valence electrons. The summed E-state index contributed by atoms with van der Waals surface area (Å²) in [6.07, 6.45) is 4.40. The third-order valence-corrected chi connectivity index (χ3v) is 4.30. The van der Waals surface area contributed by atoms with Crippen molar-refractivity contribution in [2.45, 2.75) is 11.3 Å². The minimum atomic E-state index is -0.0153. The van der Waals surface area contributed by atoms with Crippen LogP contribution in [0.25, 0.3) is 0 Å². The maximum atomic E-state index is 11.6. The predicted octanol–water partition coefficient (Wildman–Crippen LogP) is 3.89. The molecular weight excluding hydrogens is 266 g/mol. The van der Waals surface area contributed by atoms with E-state index in [1.54, 1.807) is 11.8 Å². The van der Waals surface area contributed by atoms with E-state index in [9.17, 15) is 4.79 Å². The third kappa shape index (κ3) is 2.04. The highest BCUT2D eigenvalue weighted by molar-refractivity contribution is 8.04. The van der Waals surface area contributed by atoms with Crippen molar-refractivity contribution in [2.24, 2.45) is 4.99 Å². The van der Waals surface area contributed by atoms with Gasteiger partial charge in [-0.15, -0.1) is 11.6 Å². The van der Waals surface area contributed by atoms with Crippen molar-refractivity contribution >= 4 is 40.5 Å². The SMILES string of the molecule is O=C(CCl)C1=CC=C2Sc3ccccc3N=C2C1. The maximum absolute atomic E-state index is 11.6. The quantitative estimate of drug-likeness (QED) is 0.767. The lowest BCUT2D eigenvalue weighted by molar-refractivity contribution is -0.113. The number of para-hydroxylation sites is 1. The first-order valence-electron chi connectivity index (χ1n) is 5.63. The molecular formula is C14H10ClNOS. The number of rotatable bonds is 2. The molecule has 0 amide bonds. The van der Waals surface area contributed by atoms with Crippen LogP contribution in [0.2, 0.25) is 0 Å². The molecule has 0 bridgehead atoms. The van der Waals surface area contributed by atoms with Gasteiger partial charge in [-0.1, -0.05) is 30.0 Å². The molecule has 0 spiro atoms. The third-order valence-electron chi connectivity index (χ3n) is 2.90. The number of thioether (sulfide) groups is 1. The zero-order valence-corrected chi connectivity index (χ0v) is 11.1. The number of halogens is 1. The summed E-state index contributed by atoms with van der Waals surface area (Å²) in [7, 11) is 0. The minimum absolute atomic E-state index is 0.0153. The Morgan fingerprint density at radius 2 is 2.17 bits per heavy atom. The number of fused-ring (bicyclic) bond motifs is 2. The van der Waals surface area contributed by atoms with E-state index >= 15 is 0 Å². The van der Waals surface area contributed by atoms with E-state index in [0.29, 0.717) is 6.42 Å². The van der Waals surface area contributed by atoms with Gasteiger partial charge in [0.15, 0.2) is 5.78 Å². The second kappa shape index (κ2) is 4.75. The molecule has 18 heavy (non-hydrogen) atoms. The van der Waals surface area contributed by atoms with Crippen molar-refractivity contribution in [1.82, 2.24) is 0 Å². The van der Waals surface area contributed by atoms with Crippen LogP contribution in [0.1, 0.15) is 6.42 Å². The van der Waals surface area contributed by atoms with Crippen molar-refractivity contribution in [1.29, 1.82) is 0 Å². The normalized spacial score (nSPS) is 17.1. The molecule has 1 aromatic rings. The second-order valence-corrected chi connectivity index (χ2v) is 5.44. The standard InChI is InChI=1S/C14H10ClNOS/c15-8-12(17)9-5-6-14-11(7-9)16-10-3-1-2-4-13(10)18-14/h1-6H,7-8H2. The van der Waals surface area contributed by atoms with Crippen LogP contribution >= 0.6 is 23.4 Å². The zero-order valence-electron chi connectivity index (χ0n) is 9.52. The van der Waals surface area contributed by atoms with Crippen molar-refractivity contribution < 1.29 is 4.79 Å². The number of nitrogens with zero attached hydrogens (tertiary/aromatic N) is 1. The van der Waals surface area contributed by atoms with E-state index in [0.717, 1.165) is 26.8 Å². The van der Waals surface area contributed by atoms with Gasteiger partial charge in [0.2, 0.25) is 0 Å². The number of carbonyl (C=O) groups excluding carboxylic acids is 1. The molecule has 0 fully saturated rings. The van der Waals surface area contributed by atoms with E-state index in [-0.39, 0.29) is 11.7 Å². The summed E-state index contributed by atoms with van der Waals surface area (Å²) in [6, 6.07) is 8.04. The van der Waals surface area contributed by atoms with Gasteiger partial charge in [0.1, 0.15) is 0 Å². The Labute approximate surface area is 114 Å². The Hall–Kier alpha value is -1.32. The van der Waals surface area contributed by atoms with Gasteiger partial charge in [-0.05, 0) is 18.2 Å². The Morgan fingerprint density at radius 3 is 3.00 bits per heavy atom. The first-order chi connectivity index (χ1) is 8.78. The minimum Gasteiger partial charge on any atom is -0.293 e. The molecule has 0 saturated carbocycles. The Bertz CT molecular complexity index is 616. The lowest BCUT2D eigenvalue weighted by Crippen LogP contribution is -2.14. The molecule has 2 aliphatic rings. The summed E-state index contributed by atoms with van der Waals surface area (Å²) in [6.45, 7) is 0. The molecule has 0 aromatic heterocycles. The van der Waals surface area contributed by atoms with Gasteiger partial charge in [0.25, 0.3) is 0 Å². The van der Waals surface area contributed by atoms with Gasteiger partial charge in [-0.25, -0.2) is 0 Å². The molecule has 0 atom stereocenters. The summed E-state index contributed by atoms with van der Waals surface area (Å²) >= 11 is 7.29. The predicted molar refractivity (Wildman–Crippen MR) is 75.9 cm³/mol. The van der Waals surface area contributed by atoms with Crippen LogP contribution < -0.4 is 0 Å². The van der Waals surface area contributed by atoms with Crippen LogP contribution in [-0.2, 0) is 4.79 Å². The van der Waals surface area contributed by atoms with E-state index in [1.807, 2.05) is 30.4 Å². The topological polar surface area (TPSA) is 29.4 Å². The van der Waals surface area contributed by atoms with Crippen molar-refractivity contribution in [3.8, 4) is 0 Å². The smallest absolute Gasteiger partial charge is 0.173 e. The summed E-state index contributed by atoms with van der Waals surface area (Å²) < 4.78 is 0. The molecule has 2 nitrogen and oxygen atoms in total. The monoisotopic (exact) mass is 275 g/mol. The highest BCUT2D eigenvalue weighted by Crippen LogP contribution is 2.42. The molecule has 4 heteroatoms. The number of hydrogen-bond donors (Lipinski definition) is 0. The average molecular weight is 276 g/mol. The number of hydrogen-bond acceptors (Lipinski definition) is 3. The van der Waals surface area contributed by atoms with Crippen LogP contribution in [0.3, 0.4) is 0 Å². The fourth-order valence-corrected chi connectivity index (χ4v) is 3.11.